The summed E-state index contributed by atoms with van der Waals surface area (Å²) in [5, 5.41) is 3.09. The normalized spacial score (nSPS) is 15.8. The summed E-state index contributed by atoms with van der Waals surface area (Å²) in [4.78, 5) is 12.9. The van der Waals surface area contributed by atoms with Crippen molar-refractivity contribution in [3.8, 4) is 5.75 Å². The largest absolute Gasteiger partial charge is 0.496 e. The molecule has 7 nitrogen and oxygen atoms in total. The SMILES string of the molecule is CC[C@@H](NC(=O)CCc1cc(S(=O)(=O)N2CCOCC2)ccc1OC)c1ccc(C)cc1. The first-order valence-electron chi connectivity index (χ1n) is 11.0. The van der Waals surface area contributed by atoms with E-state index in [0.29, 0.717) is 44.0 Å². The molecule has 8 heteroatoms. The molecule has 1 aliphatic heterocycles. The fraction of sp³-hybridized carbons (Fsp3) is 0.458. The predicted octanol–water partition coefficient (Wildman–Crippen LogP) is 3.22. The molecule has 0 unspecified atom stereocenters. The number of carbonyl (C=O) groups excluding carboxylic acids is 1. The number of aryl methyl sites for hydroxylation is 2. The van der Waals surface area contributed by atoms with Crippen molar-refractivity contribution < 1.29 is 22.7 Å². The lowest BCUT2D eigenvalue weighted by Crippen LogP contribution is -2.40. The highest BCUT2D eigenvalue weighted by Crippen LogP contribution is 2.26. The molecule has 0 bridgehead atoms. The van der Waals surface area contributed by atoms with Crippen LogP contribution in [0.1, 0.15) is 42.5 Å². The lowest BCUT2D eigenvalue weighted by atomic mass is 10.0. The van der Waals surface area contributed by atoms with Gasteiger partial charge in [0.15, 0.2) is 0 Å². The summed E-state index contributed by atoms with van der Waals surface area (Å²) < 4.78 is 38.1. The van der Waals surface area contributed by atoms with Gasteiger partial charge in [-0.3, -0.25) is 4.79 Å². The molecule has 32 heavy (non-hydrogen) atoms. The van der Waals surface area contributed by atoms with E-state index in [1.54, 1.807) is 25.3 Å². The summed E-state index contributed by atoms with van der Waals surface area (Å²) in [7, 11) is -2.07. The number of nitrogens with one attached hydrogen (secondary N) is 1. The Labute approximate surface area is 190 Å². The van der Waals surface area contributed by atoms with Gasteiger partial charge in [-0.2, -0.15) is 4.31 Å². The summed E-state index contributed by atoms with van der Waals surface area (Å²) in [5.74, 6) is 0.491. The van der Waals surface area contributed by atoms with Crippen molar-refractivity contribution >= 4 is 15.9 Å². The molecule has 1 fully saturated rings. The summed E-state index contributed by atoms with van der Waals surface area (Å²) in [6.07, 6.45) is 1.40. The van der Waals surface area contributed by atoms with Gasteiger partial charge in [0.1, 0.15) is 5.75 Å². The first-order chi connectivity index (χ1) is 15.3. The van der Waals surface area contributed by atoms with E-state index in [4.69, 9.17) is 9.47 Å². The van der Waals surface area contributed by atoms with E-state index < -0.39 is 10.0 Å². The maximum Gasteiger partial charge on any atom is 0.243 e. The average Bonchev–Trinajstić information content (AvgIpc) is 2.82. The van der Waals surface area contributed by atoms with Crippen molar-refractivity contribution in [1.29, 1.82) is 0 Å². The fourth-order valence-electron chi connectivity index (χ4n) is 3.78. The van der Waals surface area contributed by atoms with Crippen LogP contribution in [0.4, 0.5) is 0 Å². The molecule has 1 atom stereocenters. The average molecular weight is 461 g/mol. The number of ether oxygens (including phenoxy) is 2. The van der Waals surface area contributed by atoms with Crippen LogP contribution in [0, 0.1) is 6.92 Å². The highest BCUT2D eigenvalue weighted by atomic mass is 32.2. The Morgan fingerprint density at radius 3 is 2.47 bits per heavy atom. The molecule has 0 saturated carbocycles. The molecule has 0 aromatic heterocycles. The van der Waals surface area contributed by atoms with E-state index in [2.05, 4.69) is 5.32 Å². The van der Waals surface area contributed by atoms with Gasteiger partial charge in [-0.25, -0.2) is 8.42 Å². The van der Waals surface area contributed by atoms with Crippen LogP contribution in [0.2, 0.25) is 0 Å². The Balaban J connectivity index is 1.70. The van der Waals surface area contributed by atoms with Gasteiger partial charge in [0, 0.05) is 19.5 Å². The van der Waals surface area contributed by atoms with Gasteiger partial charge < -0.3 is 14.8 Å². The minimum Gasteiger partial charge on any atom is -0.496 e. The lowest BCUT2D eigenvalue weighted by Gasteiger charge is -2.26. The summed E-state index contributed by atoms with van der Waals surface area (Å²) >= 11 is 0. The molecule has 2 aromatic rings. The zero-order valence-electron chi connectivity index (χ0n) is 19.0. The molecular formula is C24H32N2O5S. The molecule has 1 amide bonds. The number of hydrogen-bond donors (Lipinski definition) is 1. The molecular weight excluding hydrogens is 428 g/mol. The fourth-order valence-corrected chi connectivity index (χ4v) is 5.24. The Morgan fingerprint density at radius 2 is 1.84 bits per heavy atom. The minimum atomic E-state index is -3.61. The molecule has 2 aromatic carbocycles. The van der Waals surface area contributed by atoms with E-state index in [0.717, 1.165) is 12.0 Å². The second-order valence-electron chi connectivity index (χ2n) is 7.93. The third kappa shape index (κ3) is 5.88. The minimum absolute atomic E-state index is 0.0574. The number of nitrogens with zero attached hydrogens (tertiary/aromatic N) is 1. The standard InChI is InChI=1S/C24H32N2O5S/c1-4-22(19-7-5-18(2)6-8-19)25-24(27)12-9-20-17-21(10-11-23(20)30-3)32(28,29)26-13-15-31-16-14-26/h5-8,10-11,17,22H,4,9,12-16H2,1-3H3,(H,25,27)/t22-/m1/s1. The van der Waals surface area contributed by atoms with Gasteiger partial charge >= 0.3 is 0 Å². The van der Waals surface area contributed by atoms with Crippen LogP contribution >= 0.6 is 0 Å². The number of morpholine rings is 1. The van der Waals surface area contributed by atoms with Crippen LogP contribution in [0.5, 0.6) is 5.75 Å². The van der Waals surface area contributed by atoms with Gasteiger partial charge in [-0.15, -0.1) is 0 Å². The highest BCUT2D eigenvalue weighted by Gasteiger charge is 2.27. The van der Waals surface area contributed by atoms with Crippen molar-refractivity contribution in [2.45, 2.75) is 44.0 Å². The van der Waals surface area contributed by atoms with Crippen LogP contribution in [0.15, 0.2) is 47.4 Å². The van der Waals surface area contributed by atoms with Gasteiger partial charge in [-0.05, 0) is 49.1 Å². The number of carbonyl (C=O) groups is 1. The molecule has 0 radical (unpaired) electrons. The number of benzene rings is 2. The van der Waals surface area contributed by atoms with Gasteiger partial charge in [0.2, 0.25) is 15.9 Å². The summed E-state index contributed by atoms with van der Waals surface area (Å²) in [6.45, 7) is 5.52. The smallest absolute Gasteiger partial charge is 0.243 e. The van der Waals surface area contributed by atoms with Crippen molar-refractivity contribution in [2.24, 2.45) is 0 Å². The number of sulfonamides is 1. The molecule has 1 saturated heterocycles. The molecule has 1 N–H and O–H groups in total. The van der Waals surface area contributed by atoms with E-state index in [1.165, 1.54) is 9.87 Å². The Morgan fingerprint density at radius 1 is 1.16 bits per heavy atom. The Hall–Kier alpha value is -2.42. The first-order valence-corrected chi connectivity index (χ1v) is 12.4. The van der Waals surface area contributed by atoms with E-state index in [9.17, 15) is 13.2 Å². The van der Waals surface area contributed by atoms with E-state index >= 15 is 0 Å². The number of amides is 1. The monoisotopic (exact) mass is 460 g/mol. The van der Waals surface area contributed by atoms with Crippen molar-refractivity contribution in [1.82, 2.24) is 9.62 Å². The number of rotatable bonds is 9. The van der Waals surface area contributed by atoms with Crippen LogP contribution in [0.3, 0.4) is 0 Å². The zero-order valence-corrected chi connectivity index (χ0v) is 19.8. The second kappa shape index (κ2) is 10.9. The van der Waals surface area contributed by atoms with Crippen LogP contribution in [0.25, 0.3) is 0 Å². The van der Waals surface area contributed by atoms with Crippen molar-refractivity contribution in [2.75, 3.05) is 33.4 Å². The van der Waals surface area contributed by atoms with Crippen LogP contribution in [-0.2, 0) is 26.0 Å². The van der Waals surface area contributed by atoms with Gasteiger partial charge in [-0.1, -0.05) is 36.8 Å². The molecule has 3 rings (SSSR count). The topological polar surface area (TPSA) is 84.9 Å². The number of methoxy groups -OCH3 is 1. The molecule has 1 aliphatic rings. The first kappa shape index (κ1) is 24.2. The highest BCUT2D eigenvalue weighted by molar-refractivity contribution is 7.89. The van der Waals surface area contributed by atoms with Crippen molar-refractivity contribution in [3.05, 3.63) is 59.2 Å². The quantitative estimate of drug-likeness (QED) is 0.621. The summed E-state index contributed by atoms with van der Waals surface area (Å²) in [5.41, 5.74) is 2.94. The van der Waals surface area contributed by atoms with E-state index in [-0.39, 0.29) is 23.3 Å². The zero-order chi connectivity index (χ0) is 23.1. The number of hydrogen-bond acceptors (Lipinski definition) is 5. The molecule has 0 aliphatic carbocycles. The third-order valence-corrected chi connectivity index (χ3v) is 7.60. The molecule has 1 heterocycles. The second-order valence-corrected chi connectivity index (χ2v) is 9.87. The Kier molecular flexibility index (Phi) is 8.28. The predicted molar refractivity (Wildman–Crippen MR) is 123 cm³/mol. The Bertz CT molecular complexity index is 1020. The lowest BCUT2D eigenvalue weighted by molar-refractivity contribution is -0.121. The van der Waals surface area contributed by atoms with E-state index in [1.807, 2.05) is 38.1 Å². The third-order valence-electron chi connectivity index (χ3n) is 5.70. The van der Waals surface area contributed by atoms with Crippen LogP contribution < -0.4 is 10.1 Å². The maximum atomic E-state index is 13.0. The summed E-state index contributed by atoms with van der Waals surface area (Å²) in [6, 6.07) is 12.9. The molecule has 174 valence electrons. The van der Waals surface area contributed by atoms with Gasteiger partial charge in [0.25, 0.3) is 0 Å². The molecule has 0 spiro atoms. The maximum absolute atomic E-state index is 13.0. The van der Waals surface area contributed by atoms with Crippen LogP contribution in [-0.4, -0.2) is 52.0 Å². The van der Waals surface area contributed by atoms with Gasteiger partial charge in [0.05, 0.1) is 31.3 Å². The van der Waals surface area contributed by atoms with Crippen molar-refractivity contribution in [3.63, 3.8) is 0 Å².